The molecular weight excluding hydrogens is 1460 g/mol. The van der Waals surface area contributed by atoms with Crippen LogP contribution in [0.4, 0.5) is 34.1 Å². The summed E-state index contributed by atoms with van der Waals surface area (Å²) in [4.78, 5) is 31.7. The van der Waals surface area contributed by atoms with Crippen molar-refractivity contribution in [1.82, 2.24) is 0 Å². The number of nitrogens with zero attached hydrogens (tertiary/aromatic N) is 6. The molecular formula is C64H78Cd2N6O12S6. The van der Waals surface area contributed by atoms with Crippen molar-refractivity contribution in [3.05, 3.63) is 190 Å². The number of hydrogen-bond acceptors (Lipinski definition) is 16. The first kappa shape index (κ1) is 86.2. The number of anilines is 2. The average molecular weight is 1540 g/mol. The van der Waals surface area contributed by atoms with Gasteiger partial charge in [0.15, 0.2) is 0 Å². The summed E-state index contributed by atoms with van der Waals surface area (Å²) >= 11 is 0. The summed E-state index contributed by atoms with van der Waals surface area (Å²) in [7, 11) is -2.85. The summed E-state index contributed by atoms with van der Waals surface area (Å²) < 4.78 is 99.6. The Morgan fingerprint density at radius 1 is 0.400 bits per heavy atom. The molecule has 0 spiro atoms. The van der Waals surface area contributed by atoms with Crippen molar-refractivity contribution >= 4 is 143 Å². The van der Waals surface area contributed by atoms with Gasteiger partial charge in [0.1, 0.15) is 31.6 Å². The van der Waals surface area contributed by atoms with E-state index in [1.54, 1.807) is 171 Å². The third kappa shape index (κ3) is 34.0. The summed E-state index contributed by atoms with van der Waals surface area (Å²) in [6.07, 6.45) is 16.0. The smallest absolute Gasteiger partial charge is 0.872 e. The third-order valence-electron chi connectivity index (χ3n) is 9.96. The van der Waals surface area contributed by atoms with Crippen LogP contribution >= 0.6 is 0 Å². The predicted molar refractivity (Wildman–Crippen MR) is 369 cm³/mol. The molecule has 0 fully saturated rings. The van der Waals surface area contributed by atoms with Crippen molar-refractivity contribution in [3.8, 4) is 11.5 Å². The van der Waals surface area contributed by atoms with Crippen LogP contribution in [0.5, 0.6) is 11.5 Å². The zero-order chi connectivity index (χ0) is 66.9. The topological polar surface area (TPSA) is 276 Å². The minimum Gasteiger partial charge on any atom is -0.872 e. The summed E-state index contributed by atoms with van der Waals surface area (Å²) in [5.74, 6) is 0.0106. The quantitative estimate of drug-likeness (QED) is 0.0812. The van der Waals surface area contributed by atoms with Gasteiger partial charge in [-0.05, 0) is 75.2 Å². The summed E-state index contributed by atoms with van der Waals surface area (Å²) in [5, 5.41) is 26.7. The number of carbonyl (C=O) groups excluding carboxylic acids is 2. The zero-order valence-corrected chi connectivity index (χ0v) is 66.7. The molecule has 0 unspecified atom stereocenters. The molecule has 0 radical (unpaired) electrons. The Morgan fingerprint density at radius 3 is 0.922 bits per heavy atom. The fraction of sp³-hybridized carbons (Fsp3) is 0.250. The molecule has 18 nitrogen and oxygen atoms in total. The number of fused-ring (bicyclic) bond motifs is 2. The van der Waals surface area contributed by atoms with Gasteiger partial charge in [0, 0.05) is 178 Å². The van der Waals surface area contributed by atoms with Crippen LogP contribution in [0.25, 0.3) is 31.0 Å². The van der Waals surface area contributed by atoms with Gasteiger partial charge < -0.3 is 39.0 Å². The molecule has 0 bridgehead atoms. The number of Topliss-reactive ketones (excluding diaryl/α,β-unsaturated/α-hetero) is 2. The number of ketones is 2. The Hall–Kier alpha value is -5.90. The van der Waals surface area contributed by atoms with Crippen LogP contribution in [0.1, 0.15) is 38.8 Å². The maximum atomic E-state index is 13.3. The molecule has 0 saturated carbocycles. The number of aliphatic imine (C=N–C) groups is 2. The Kier molecular flexibility index (Phi) is 42.7. The Balaban J connectivity index is 0. The number of sulfonamides is 2. The van der Waals surface area contributed by atoms with Gasteiger partial charge in [-0.2, -0.15) is 0 Å². The van der Waals surface area contributed by atoms with E-state index in [1.165, 1.54) is 52.3 Å². The van der Waals surface area contributed by atoms with Gasteiger partial charge in [0.2, 0.25) is 0 Å². The average Bonchev–Trinajstić information content (AvgIpc) is 0.854. The maximum absolute atomic E-state index is 13.3. The van der Waals surface area contributed by atoms with E-state index in [4.69, 9.17) is 0 Å². The summed E-state index contributed by atoms with van der Waals surface area (Å²) in [6, 6.07) is 47.8. The molecule has 90 heavy (non-hydrogen) atoms. The van der Waals surface area contributed by atoms with Crippen LogP contribution in [0, 0.1) is 0 Å². The van der Waals surface area contributed by atoms with Crippen LogP contribution in [-0.2, 0) is 127 Å². The first-order chi connectivity index (χ1) is 41.1. The Bertz CT molecular complexity index is 3630. The van der Waals surface area contributed by atoms with Gasteiger partial charge >= 0.3 is 54.6 Å². The van der Waals surface area contributed by atoms with E-state index in [1.807, 2.05) is 74.4 Å². The number of benzene rings is 8. The predicted octanol–water partition coefficient (Wildman–Crippen LogP) is 11.4. The van der Waals surface area contributed by atoms with Gasteiger partial charge in [0.05, 0.1) is 9.79 Å². The van der Waals surface area contributed by atoms with Crippen LogP contribution in [0.2, 0.25) is 0 Å². The van der Waals surface area contributed by atoms with E-state index in [0.29, 0.717) is 33.3 Å². The van der Waals surface area contributed by atoms with E-state index in [0.717, 1.165) is 22.1 Å². The minimum absolute atomic E-state index is 0. The molecule has 0 heterocycles. The molecule has 0 aliphatic carbocycles. The van der Waals surface area contributed by atoms with E-state index >= 15 is 0 Å². The van der Waals surface area contributed by atoms with Gasteiger partial charge in [-0.25, -0.2) is 16.8 Å². The fourth-order valence-corrected chi connectivity index (χ4v) is 9.31. The summed E-state index contributed by atoms with van der Waals surface area (Å²) in [6.45, 7) is 6.11. The largest absolute Gasteiger partial charge is 2.00 e. The fourth-order valence-electron chi connectivity index (χ4n) is 6.87. The van der Waals surface area contributed by atoms with Crippen molar-refractivity contribution in [2.45, 2.75) is 37.5 Å². The Morgan fingerprint density at radius 2 is 0.644 bits per heavy atom. The maximum Gasteiger partial charge on any atom is 2.00 e. The molecule has 26 heteroatoms. The van der Waals surface area contributed by atoms with Gasteiger partial charge in [-0.3, -0.25) is 26.8 Å². The molecule has 0 atom stereocenters. The van der Waals surface area contributed by atoms with E-state index < -0.39 is 63.2 Å². The van der Waals surface area contributed by atoms with E-state index in [2.05, 4.69) is 19.4 Å². The number of carbonyl (C=O) groups is 2. The molecule has 8 aromatic carbocycles. The molecule has 8 rings (SSSR count). The number of para-hydroxylation sites is 4. The minimum atomic E-state index is -4.03. The molecule has 0 N–H and O–H groups in total. The van der Waals surface area contributed by atoms with Gasteiger partial charge in [-0.15, -0.1) is 22.9 Å². The zero-order valence-electron chi connectivity index (χ0n) is 53.8. The normalized spacial score (nSPS) is 10.4. The van der Waals surface area contributed by atoms with E-state index in [9.17, 15) is 53.5 Å². The molecule has 0 aromatic heterocycles. The SMILES string of the molecule is CC(C)=O.CC(C)=O.CN(C)c1cccc2c(S(=O)(=O)[N-]c3ccccc3N=Cc3ccccc3[O-])cccc12.CN(C)c1cccc2c(S(=O)(=O)[N-]c3ccccc3N=Cc3ccccc3[O-])cccc12.CS(C)=O.CS(C)=O.CS(C)=O.CS(C)=O.[Cd+2].[Cd+2]. The second-order valence-electron chi connectivity index (χ2n) is 19.5. The first-order valence-electron chi connectivity index (χ1n) is 26.2. The monoisotopic (exact) mass is 1540 g/mol. The molecule has 0 saturated heterocycles. The van der Waals surface area contributed by atoms with Gasteiger partial charge in [0.25, 0.3) is 0 Å². The standard InChI is InChI=1S/2C25H22N3O3S.2C3H6O.4C2H6OS.2Cd/c2*1-28(2)23-14-7-11-20-19(23)10-8-16-25(20)32(30,31)27-22-13-5-4-12-21(22)26-17-18-9-3-6-15-24(18)29;2*1-3(2)4;4*1-4(2)3;;/h2*3-17H,1-2H3,(H,26,29);6*1-2H3;;/q2*-1;;;;;;;2*+2/p-2. The van der Waals surface area contributed by atoms with Crippen LogP contribution in [0.3, 0.4) is 0 Å². The first-order valence-corrected chi connectivity index (χ1v) is 36.9. The van der Waals surface area contributed by atoms with Crippen LogP contribution in [-0.4, -0.2) is 136 Å². The second kappa shape index (κ2) is 44.6. The summed E-state index contributed by atoms with van der Waals surface area (Å²) in [5.41, 5.74) is 3.77. The van der Waals surface area contributed by atoms with Gasteiger partial charge in [-0.1, -0.05) is 133 Å². The number of hydrogen-bond donors (Lipinski definition) is 0. The Labute approximate surface area is 582 Å². The molecule has 8 aromatic rings. The van der Waals surface area contributed by atoms with Crippen molar-refractivity contribution in [1.29, 1.82) is 0 Å². The van der Waals surface area contributed by atoms with E-state index in [-0.39, 0.29) is 98.8 Å². The number of rotatable bonds is 12. The molecule has 0 aliphatic heterocycles. The molecule has 0 amide bonds. The second-order valence-corrected chi connectivity index (χ2v) is 28.6. The van der Waals surface area contributed by atoms with Crippen molar-refractivity contribution in [2.24, 2.45) is 9.98 Å². The molecule has 476 valence electrons. The van der Waals surface area contributed by atoms with Crippen LogP contribution < -0.4 is 20.0 Å². The third-order valence-corrected chi connectivity index (χ3v) is 12.7. The van der Waals surface area contributed by atoms with Crippen molar-refractivity contribution < 1.29 is 108 Å². The van der Waals surface area contributed by atoms with Crippen molar-refractivity contribution in [2.75, 3.05) is 88.0 Å². The molecule has 0 aliphatic rings. The van der Waals surface area contributed by atoms with Crippen molar-refractivity contribution in [3.63, 3.8) is 0 Å². The van der Waals surface area contributed by atoms with Crippen LogP contribution in [0.15, 0.2) is 190 Å².